The molecule has 0 spiro atoms. The molecule has 10 nitrogen and oxygen atoms in total. The number of methoxy groups -OCH3 is 1. The summed E-state index contributed by atoms with van der Waals surface area (Å²) in [5, 5.41) is 23.3. The van der Waals surface area contributed by atoms with Gasteiger partial charge in [0.1, 0.15) is 5.75 Å². The fourth-order valence-corrected chi connectivity index (χ4v) is 6.93. The highest BCUT2D eigenvalue weighted by atomic mass is 32.2. The maximum absolute atomic E-state index is 13.1. The summed E-state index contributed by atoms with van der Waals surface area (Å²) in [7, 11) is 1.63. The zero-order valence-corrected chi connectivity index (χ0v) is 25.0. The van der Waals surface area contributed by atoms with Gasteiger partial charge in [0.05, 0.1) is 42.4 Å². The molecule has 1 atom stereocenters. The molecule has 1 aromatic carbocycles. The van der Waals surface area contributed by atoms with Gasteiger partial charge in [0.2, 0.25) is 5.91 Å². The summed E-state index contributed by atoms with van der Waals surface area (Å²) in [6.45, 7) is 6.08. The summed E-state index contributed by atoms with van der Waals surface area (Å²) in [4.78, 5) is 26.8. The lowest BCUT2D eigenvalue weighted by atomic mass is 9.73. The summed E-state index contributed by atoms with van der Waals surface area (Å²) in [5.41, 5.74) is 3.77. The molecule has 3 aromatic rings. The van der Waals surface area contributed by atoms with E-state index in [0.29, 0.717) is 51.2 Å². The van der Waals surface area contributed by atoms with Crippen molar-refractivity contribution in [1.29, 1.82) is 0 Å². The first-order valence-corrected chi connectivity index (χ1v) is 15.6. The number of piperidine rings is 1. The zero-order valence-electron chi connectivity index (χ0n) is 24.2. The molecule has 11 heteroatoms. The van der Waals surface area contributed by atoms with Gasteiger partial charge in [-0.15, -0.1) is 11.8 Å². The van der Waals surface area contributed by atoms with Crippen LogP contribution in [-0.4, -0.2) is 94.8 Å². The maximum Gasteiger partial charge on any atom is 0.249 e. The molecule has 5 rings (SSSR count). The number of fused-ring (bicyclic) bond motifs is 1. The predicted molar refractivity (Wildman–Crippen MR) is 162 cm³/mol. The van der Waals surface area contributed by atoms with E-state index in [1.54, 1.807) is 25.1 Å². The van der Waals surface area contributed by atoms with Crippen LogP contribution in [0.2, 0.25) is 0 Å². The number of morpholine rings is 1. The maximum atomic E-state index is 13.1. The zero-order chi connectivity index (χ0) is 29.4. The molecule has 1 unspecified atom stereocenters. The van der Waals surface area contributed by atoms with Crippen LogP contribution >= 0.6 is 11.8 Å². The second-order valence-corrected chi connectivity index (χ2v) is 12.2. The molecule has 2 aliphatic rings. The molecule has 2 aromatic heterocycles. The average Bonchev–Trinajstić information content (AvgIpc) is 3.04. The number of carbonyl (C=O) groups is 1. The molecular weight excluding hydrogens is 554 g/mol. The highest BCUT2D eigenvalue weighted by molar-refractivity contribution is 7.99. The molecule has 0 saturated carbocycles. The minimum Gasteiger partial charge on any atom is -0.497 e. The van der Waals surface area contributed by atoms with Crippen LogP contribution in [0.4, 0.5) is 0 Å². The third-order valence-corrected chi connectivity index (χ3v) is 9.54. The number of hydroxylamine groups is 1. The van der Waals surface area contributed by atoms with Gasteiger partial charge in [-0.05, 0) is 80.2 Å². The van der Waals surface area contributed by atoms with Crippen LogP contribution in [0.5, 0.6) is 5.75 Å². The Kier molecular flexibility index (Phi) is 10.6. The molecule has 2 aliphatic heterocycles. The third-order valence-electron chi connectivity index (χ3n) is 8.62. The number of hydrogen-bond acceptors (Lipinski definition) is 10. The van der Waals surface area contributed by atoms with Crippen molar-refractivity contribution in [3.05, 3.63) is 59.9 Å². The number of carbonyl (C=O) groups excluding carboxylic acids is 1. The number of nitrogens with zero attached hydrogens (tertiary/aromatic N) is 4. The molecule has 226 valence electrons. The van der Waals surface area contributed by atoms with Gasteiger partial charge in [-0.1, -0.05) is 6.07 Å². The van der Waals surface area contributed by atoms with Crippen LogP contribution in [0.3, 0.4) is 0 Å². The molecule has 2 saturated heterocycles. The smallest absolute Gasteiger partial charge is 0.249 e. The largest absolute Gasteiger partial charge is 0.497 e. The van der Waals surface area contributed by atoms with Gasteiger partial charge >= 0.3 is 0 Å². The van der Waals surface area contributed by atoms with Crippen molar-refractivity contribution in [2.75, 3.05) is 58.8 Å². The van der Waals surface area contributed by atoms with E-state index in [4.69, 9.17) is 9.47 Å². The van der Waals surface area contributed by atoms with E-state index in [9.17, 15) is 15.1 Å². The number of rotatable bonds is 12. The van der Waals surface area contributed by atoms with Crippen molar-refractivity contribution >= 4 is 28.6 Å². The summed E-state index contributed by atoms with van der Waals surface area (Å²) in [6, 6.07) is 11.6. The minimum atomic E-state index is -0.810. The van der Waals surface area contributed by atoms with E-state index in [-0.39, 0.29) is 5.91 Å². The van der Waals surface area contributed by atoms with Gasteiger partial charge in [-0.25, -0.2) is 10.5 Å². The first-order valence-electron chi connectivity index (χ1n) is 14.7. The normalized spacial score (nSPS) is 18.5. The van der Waals surface area contributed by atoms with Crippen LogP contribution in [0.25, 0.3) is 10.9 Å². The van der Waals surface area contributed by atoms with E-state index in [1.807, 2.05) is 48.1 Å². The summed E-state index contributed by atoms with van der Waals surface area (Å²) < 4.78 is 11.0. The van der Waals surface area contributed by atoms with Crippen molar-refractivity contribution in [2.45, 2.75) is 43.4 Å². The number of thioether (sulfide) groups is 1. The predicted octanol–water partition coefficient (Wildman–Crippen LogP) is 3.66. The minimum absolute atomic E-state index is 0.369. The molecule has 4 heterocycles. The molecule has 42 heavy (non-hydrogen) atoms. The Hall–Kier alpha value is -2.80. The average molecular weight is 596 g/mol. The Morgan fingerprint density at radius 1 is 1.14 bits per heavy atom. The lowest BCUT2D eigenvalue weighted by Crippen LogP contribution is -2.48. The van der Waals surface area contributed by atoms with E-state index < -0.39 is 11.5 Å². The van der Waals surface area contributed by atoms with Crippen LogP contribution in [-0.2, 0) is 16.1 Å². The number of hydrogen-bond donors (Lipinski definition) is 3. The van der Waals surface area contributed by atoms with E-state index in [0.717, 1.165) is 65.5 Å². The number of ether oxygens (including phenoxy) is 2. The Balaban J connectivity index is 1.29. The summed E-state index contributed by atoms with van der Waals surface area (Å²) in [5.74, 6) is 1.25. The molecule has 0 bridgehead atoms. The third kappa shape index (κ3) is 7.39. The van der Waals surface area contributed by atoms with Crippen molar-refractivity contribution in [3.8, 4) is 5.75 Å². The SMILES string of the molecule is COc1ccc2ncc(CN3CCOCC3)c(C(O)CCC3(C(=O)NO)CCN(CCSc4ccccn4)CC3)c2c1. The molecule has 0 aliphatic carbocycles. The van der Waals surface area contributed by atoms with E-state index >= 15 is 0 Å². The van der Waals surface area contributed by atoms with Gasteiger partial charge < -0.3 is 19.5 Å². The number of benzene rings is 1. The number of aliphatic hydroxyl groups is 1. The van der Waals surface area contributed by atoms with E-state index in [1.165, 1.54) is 0 Å². The van der Waals surface area contributed by atoms with Crippen molar-refractivity contribution < 1.29 is 24.6 Å². The Labute approximate surface area is 251 Å². The van der Waals surface area contributed by atoms with Crippen LogP contribution in [0, 0.1) is 5.41 Å². The van der Waals surface area contributed by atoms with Gasteiger partial charge in [0.15, 0.2) is 0 Å². The number of pyridine rings is 2. The van der Waals surface area contributed by atoms with Crippen molar-refractivity contribution in [2.24, 2.45) is 5.41 Å². The molecule has 3 N–H and O–H groups in total. The lowest BCUT2D eigenvalue weighted by Gasteiger charge is -2.40. The standard InChI is InChI=1S/C31H41N5O5S/c1-40-24-5-6-26-25(20-24)29(23(21-33-26)22-36-14-17-41-18-15-36)27(37)7-8-31(30(38)34-39)9-12-35(13-10-31)16-19-42-28-4-2-3-11-32-28/h2-6,11,20-21,27,37,39H,7-10,12-19,22H2,1H3,(H,34,38). The monoisotopic (exact) mass is 595 g/mol. The lowest BCUT2D eigenvalue weighted by molar-refractivity contribution is -0.143. The number of likely N-dealkylation sites (tertiary alicyclic amines) is 1. The number of aromatic nitrogens is 2. The van der Waals surface area contributed by atoms with Gasteiger partial charge in [-0.2, -0.15) is 0 Å². The molecule has 2 fully saturated rings. The highest BCUT2D eigenvalue weighted by Crippen LogP contribution is 2.40. The fraction of sp³-hybridized carbons (Fsp3) is 0.516. The molecule has 1 amide bonds. The van der Waals surface area contributed by atoms with E-state index in [2.05, 4.69) is 19.8 Å². The number of nitrogens with one attached hydrogen (secondary N) is 1. The van der Waals surface area contributed by atoms with Gasteiger partial charge in [0, 0.05) is 49.7 Å². The summed E-state index contributed by atoms with van der Waals surface area (Å²) in [6.07, 6.45) is 4.93. The van der Waals surface area contributed by atoms with Crippen LogP contribution < -0.4 is 10.2 Å². The molecular formula is C31H41N5O5S. The summed E-state index contributed by atoms with van der Waals surface area (Å²) >= 11 is 1.72. The quantitative estimate of drug-likeness (QED) is 0.163. The fourth-order valence-electron chi connectivity index (χ4n) is 6.06. The number of amides is 1. The molecule has 0 radical (unpaired) electrons. The Morgan fingerprint density at radius 3 is 2.67 bits per heavy atom. The van der Waals surface area contributed by atoms with Crippen LogP contribution in [0.1, 0.15) is 42.9 Å². The second kappa shape index (κ2) is 14.6. The van der Waals surface area contributed by atoms with Crippen molar-refractivity contribution in [1.82, 2.24) is 25.2 Å². The second-order valence-electron chi connectivity index (χ2n) is 11.1. The van der Waals surface area contributed by atoms with Crippen molar-refractivity contribution in [3.63, 3.8) is 0 Å². The first-order chi connectivity index (χ1) is 20.5. The highest BCUT2D eigenvalue weighted by Gasteiger charge is 2.41. The van der Waals surface area contributed by atoms with Crippen LogP contribution in [0.15, 0.2) is 53.8 Å². The topological polar surface area (TPSA) is 120 Å². The van der Waals surface area contributed by atoms with Gasteiger partial charge in [-0.3, -0.25) is 19.9 Å². The Bertz CT molecular complexity index is 1320. The van der Waals surface area contributed by atoms with Gasteiger partial charge in [0.25, 0.3) is 0 Å². The first kappa shape index (κ1) is 30.7. The Morgan fingerprint density at radius 2 is 1.95 bits per heavy atom. The number of aliphatic hydroxyl groups excluding tert-OH is 1.